The van der Waals surface area contributed by atoms with Gasteiger partial charge in [-0.3, -0.25) is 14.5 Å². The summed E-state index contributed by atoms with van der Waals surface area (Å²) in [6.07, 6.45) is 4.45. The molecule has 132 valence electrons. The Bertz CT molecular complexity index is 676. The Balaban J connectivity index is 1.49. The van der Waals surface area contributed by atoms with Gasteiger partial charge in [0, 0.05) is 24.9 Å². The predicted octanol–water partition coefficient (Wildman–Crippen LogP) is 3.20. The van der Waals surface area contributed by atoms with Crippen LogP contribution in [0, 0.1) is 0 Å². The van der Waals surface area contributed by atoms with Crippen molar-refractivity contribution in [3.05, 3.63) is 60.1 Å². The second-order valence-corrected chi connectivity index (χ2v) is 6.37. The van der Waals surface area contributed by atoms with Crippen molar-refractivity contribution in [2.45, 2.75) is 31.7 Å². The third kappa shape index (κ3) is 4.79. The molecule has 1 aliphatic heterocycles. The summed E-state index contributed by atoms with van der Waals surface area (Å²) < 4.78 is 5.55. The van der Waals surface area contributed by atoms with Gasteiger partial charge < -0.3 is 9.73 Å². The van der Waals surface area contributed by atoms with Crippen molar-refractivity contribution in [2.24, 2.45) is 0 Å². The van der Waals surface area contributed by atoms with Crippen LogP contribution in [0.3, 0.4) is 0 Å². The quantitative estimate of drug-likeness (QED) is 0.750. The molecule has 1 fully saturated rings. The van der Waals surface area contributed by atoms with Gasteiger partial charge in [-0.1, -0.05) is 30.3 Å². The number of carbonyl (C=O) groups is 2. The molecule has 5 nitrogen and oxygen atoms in total. The summed E-state index contributed by atoms with van der Waals surface area (Å²) in [6.45, 7) is 2.55. The Morgan fingerprint density at radius 2 is 1.80 bits per heavy atom. The van der Waals surface area contributed by atoms with Crippen LogP contribution in [0.25, 0.3) is 0 Å². The smallest absolute Gasteiger partial charge is 0.220 e. The lowest BCUT2D eigenvalue weighted by atomic mass is 10.1. The van der Waals surface area contributed by atoms with Crippen molar-refractivity contribution in [2.75, 3.05) is 19.6 Å². The molecule has 1 amide bonds. The molecule has 0 aliphatic carbocycles. The first-order valence-electron chi connectivity index (χ1n) is 8.86. The minimum absolute atomic E-state index is 0.00197. The lowest BCUT2D eigenvalue weighted by molar-refractivity contribution is -0.121. The number of benzene rings is 1. The number of rotatable bonds is 8. The molecule has 0 saturated carbocycles. The maximum Gasteiger partial charge on any atom is 0.220 e. The number of ketones is 1. The van der Waals surface area contributed by atoms with Gasteiger partial charge in [0.05, 0.1) is 12.3 Å². The Morgan fingerprint density at radius 1 is 1.04 bits per heavy atom. The van der Waals surface area contributed by atoms with Gasteiger partial charge in [0.2, 0.25) is 5.91 Å². The molecule has 1 atom stereocenters. The highest BCUT2D eigenvalue weighted by Gasteiger charge is 2.25. The molecule has 1 saturated heterocycles. The SMILES string of the molecule is O=C(CCC(=O)c1ccccc1)NC[C@@H](c1ccco1)N1CCCC1. The maximum absolute atomic E-state index is 12.2. The van der Waals surface area contributed by atoms with Crippen LogP contribution in [0.1, 0.15) is 47.8 Å². The van der Waals surface area contributed by atoms with E-state index in [1.807, 2.05) is 30.3 Å². The fraction of sp³-hybridized carbons (Fsp3) is 0.400. The number of furan rings is 1. The van der Waals surface area contributed by atoms with Crippen molar-refractivity contribution >= 4 is 11.7 Å². The van der Waals surface area contributed by atoms with E-state index in [-0.39, 0.29) is 30.6 Å². The minimum Gasteiger partial charge on any atom is -0.468 e. The van der Waals surface area contributed by atoms with E-state index < -0.39 is 0 Å². The average molecular weight is 340 g/mol. The standard InChI is InChI=1S/C20H24N2O3/c23-18(16-7-2-1-3-8-16)10-11-20(24)21-15-17(19-9-6-14-25-19)22-12-4-5-13-22/h1-3,6-9,14,17H,4-5,10-13,15H2,(H,21,24)/t17-/m0/s1. The topological polar surface area (TPSA) is 62.6 Å². The summed E-state index contributed by atoms with van der Waals surface area (Å²) in [7, 11) is 0. The first-order valence-corrected chi connectivity index (χ1v) is 8.86. The number of Topliss-reactive ketones (excluding diaryl/α,β-unsaturated/α-hetero) is 1. The highest BCUT2D eigenvalue weighted by molar-refractivity contribution is 5.97. The molecular weight excluding hydrogens is 316 g/mol. The zero-order chi connectivity index (χ0) is 17.5. The van der Waals surface area contributed by atoms with Crippen molar-refractivity contribution in [3.63, 3.8) is 0 Å². The molecule has 2 heterocycles. The Kier molecular flexibility index (Phi) is 6.01. The van der Waals surface area contributed by atoms with E-state index in [4.69, 9.17) is 4.42 Å². The fourth-order valence-corrected chi connectivity index (χ4v) is 3.24. The van der Waals surface area contributed by atoms with E-state index in [1.54, 1.807) is 18.4 Å². The van der Waals surface area contributed by atoms with Crippen LogP contribution in [0.4, 0.5) is 0 Å². The van der Waals surface area contributed by atoms with Crippen LogP contribution in [0.2, 0.25) is 0 Å². The molecule has 1 aliphatic rings. The number of likely N-dealkylation sites (tertiary alicyclic amines) is 1. The van der Waals surface area contributed by atoms with E-state index in [0.717, 1.165) is 18.8 Å². The monoisotopic (exact) mass is 340 g/mol. The van der Waals surface area contributed by atoms with Crippen LogP contribution in [0.15, 0.2) is 53.1 Å². The van der Waals surface area contributed by atoms with E-state index >= 15 is 0 Å². The van der Waals surface area contributed by atoms with Gasteiger partial charge in [-0.15, -0.1) is 0 Å². The van der Waals surface area contributed by atoms with Gasteiger partial charge >= 0.3 is 0 Å². The molecule has 1 N–H and O–H groups in total. The maximum atomic E-state index is 12.2. The predicted molar refractivity (Wildman–Crippen MR) is 95.3 cm³/mol. The lowest BCUT2D eigenvalue weighted by Crippen LogP contribution is -2.36. The molecule has 1 aromatic heterocycles. The summed E-state index contributed by atoms with van der Waals surface area (Å²) in [5.74, 6) is 0.778. The third-order valence-electron chi connectivity index (χ3n) is 4.62. The molecule has 0 radical (unpaired) electrons. The number of nitrogens with zero attached hydrogens (tertiary/aromatic N) is 1. The minimum atomic E-state index is -0.0972. The third-order valence-corrected chi connectivity index (χ3v) is 4.62. The first-order chi connectivity index (χ1) is 12.2. The lowest BCUT2D eigenvalue weighted by Gasteiger charge is -2.26. The van der Waals surface area contributed by atoms with E-state index in [0.29, 0.717) is 12.1 Å². The highest BCUT2D eigenvalue weighted by atomic mass is 16.3. The first kappa shape index (κ1) is 17.4. The summed E-state index contributed by atoms with van der Waals surface area (Å²) in [6, 6.07) is 13.0. The van der Waals surface area contributed by atoms with Crippen LogP contribution in [-0.4, -0.2) is 36.2 Å². The molecular formula is C20H24N2O3. The number of hydrogen-bond acceptors (Lipinski definition) is 4. The van der Waals surface area contributed by atoms with Crippen molar-refractivity contribution in [1.82, 2.24) is 10.2 Å². The number of amides is 1. The van der Waals surface area contributed by atoms with Crippen molar-refractivity contribution in [1.29, 1.82) is 0 Å². The van der Waals surface area contributed by atoms with Crippen LogP contribution in [-0.2, 0) is 4.79 Å². The Morgan fingerprint density at radius 3 is 2.48 bits per heavy atom. The van der Waals surface area contributed by atoms with Gasteiger partial charge in [0.1, 0.15) is 5.76 Å². The number of hydrogen-bond donors (Lipinski definition) is 1. The number of carbonyl (C=O) groups excluding carboxylic acids is 2. The zero-order valence-electron chi connectivity index (χ0n) is 14.3. The van der Waals surface area contributed by atoms with Gasteiger partial charge in [-0.2, -0.15) is 0 Å². The molecule has 2 aromatic rings. The summed E-state index contributed by atoms with van der Waals surface area (Å²) >= 11 is 0. The average Bonchev–Trinajstić information content (AvgIpc) is 3.35. The second kappa shape index (κ2) is 8.62. The normalized spacial score (nSPS) is 15.8. The molecule has 1 aromatic carbocycles. The largest absolute Gasteiger partial charge is 0.468 e. The zero-order valence-corrected chi connectivity index (χ0v) is 14.3. The number of nitrogens with one attached hydrogen (secondary N) is 1. The summed E-state index contributed by atoms with van der Waals surface area (Å²) in [4.78, 5) is 26.6. The fourth-order valence-electron chi connectivity index (χ4n) is 3.24. The molecule has 0 bridgehead atoms. The van der Waals surface area contributed by atoms with E-state index in [1.165, 1.54) is 12.8 Å². The van der Waals surface area contributed by atoms with Gasteiger partial charge in [0.25, 0.3) is 0 Å². The van der Waals surface area contributed by atoms with Gasteiger partial charge in [-0.05, 0) is 38.1 Å². The second-order valence-electron chi connectivity index (χ2n) is 6.37. The van der Waals surface area contributed by atoms with Crippen LogP contribution >= 0.6 is 0 Å². The van der Waals surface area contributed by atoms with E-state index in [9.17, 15) is 9.59 Å². The molecule has 5 heteroatoms. The summed E-state index contributed by atoms with van der Waals surface area (Å²) in [5.41, 5.74) is 0.654. The molecule has 3 rings (SSSR count). The molecule has 25 heavy (non-hydrogen) atoms. The highest BCUT2D eigenvalue weighted by Crippen LogP contribution is 2.24. The Labute approximate surface area is 148 Å². The summed E-state index contributed by atoms with van der Waals surface area (Å²) in [5, 5.41) is 2.96. The molecule has 0 unspecified atom stereocenters. The Hall–Kier alpha value is -2.40. The van der Waals surface area contributed by atoms with Crippen LogP contribution < -0.4 is 5.32 Å². The van der Waals surface area contributed by atoms with Gasteiger partial charge in [-0.25, -0.2) is 0 Å². The van der Waals surface area contributed by atoms with Crippen LogP contribution in [0.5, 0.6) is 0 Å². The van der Waals surface area contributed by atoms with E-state index in [2.05, 4.69) is 10.2 Å². The van der Waals surface area contributed by atoms with Gasteiger partial charge in [0.15, 0.2) is 5.78 Å². The van der Waals surface area contributed by atoms with Crippen molar-refractivity contribution in [3.8, 4) is 0 Å². The van der Waals surface area contributed by atoms with Crippen molar-refractivity contribution < 1.29 is 14.0 Å². The molecule has 0 spiro atoms.